The third-order valence-electron chi connectivity index (χ3n) is 3.04. The normalized spacial score (nSPS) is 10.6. The van der Waals surface area contributed by atoms with Gasteiger partial charge in [0.2, 0.25) is 0 Å². The molecule has 1 rings (SSSR count). The van der Waals surface area contributed by atoms with Crippen molar-refractivity contribution in [2.45, 2.75) is 33.3 Å². The van der Waals surface area contributed by atoms with Crippen LogP contribution in [-0.4, -0.2) is 48.2 Å². The Hall–Kier alpha value is -2.83. The lowest BCUT2D eigenvalue weighted by atomic mass is 10.1. The number of benzene rings is 1. The lowest BCUT2D eigenvalue weighted by Gasteiger charge is -2.21. The molecule has 0 aliphatic rings. The molecule has 7 heteroatoms. The number of nitrogens with zero attached hydrogens (tertiary/aromatic N) is 1. The molecule has 2 amide bonds. The van der Waals surface area contributed by atoms with Gasteiger partial charge in [-0.25, -0.2) is 4.79 Å². The number of esters is 1. The molecule has 0 spiro atoms. The molecular formula is C19H26N2O5. The molecule has 0 heterocycles. The molecule has 0 fully saturated rings. The van der Waals surface area contributed by atoms with Gasteiger partial charge in [-0.2, -0.15) is 0 Å². The topological polar surface area (TPSA) is 84.9 Å². The first-order chi connectivity index (χ1) is 12.2. The highest BCUT2D eigenvalue weighted by Gasteiger charge is 2.19. The smallest absolute Gasteiger partial charge is 0.412 e. The largest absolute Gasteiger partial charge is 0.465 e. The fraction of sp³-hybridized carbons (Fsp3) is 0.421. The van der Waals surface area contributed by atoms with Crippen LogP contribution in [0.5, 0.6) is 0 Å². The molecule has 7 nitrogen and oxygen atoms in total. The minimum atomic E-state index is -0.599. The average Bonchev–Trinajstić information content (AvgIpc) is 2.53. The molecule has 0 aromatic heterocycles. The summed E-state index contributed by atoms with van der Waals surface area (Å²) in [7, 11) is 0. The quantitative estimate of drug-likeness (QED) is 0.595. The highest BCUT2D eigenvalue weighted by molar-refractivity contribution is 5.96. The molecule has 0 saturated heterocycles. The first-order valence-corrected chi connectivity index (χ1v) is 8.32. The molecule has 26 heavy (non-hydrogen) atoms. The van der Waals surface area contributed by atoms with E-state index in [1.807, 2.05) is 0 Å². The average molecular weight is 362 g/mol. The summed E-state index contributed by atoms with van der Waals surface area (Å²) in [5, 5.41) is 2.59. The highest BCUT2D eigenvalue weighted by atomic mass is 16.6. The third-order valence-corrected chi connectivity index (χ3v) is 3.04. The van der Waals surface area contributed by atoms with Crippen LogP contribution in [0, 0.1) is 0 Å². The minimum Gasteiger partial charge on any atom is -0.465 e. The first kappa shape index (κ1) is 21.2. The van der Waals surface area contributed by atoms with Crippen LogP contribution in [0.3, 0.4) is 0 Å². The van der Waals surface area contributed by atoms with E-state index in [9.17, 15) is 14.4 Å². The van der Waals surface area contributed by atoms with Crippen LogP contribution in [0.4, 0.5) is 10.5 Å². The maximum atomic E-state index is 12.6. The number of carbonyl (C=O) groups is 3. The number of amides is 2. The van der Waals surface area contributed by atoms with Crippen LogP contribution in [-0.2, 0) is 14.3 Å². The Morgan fingerprint density at radius 2 is 1.81 bits per heavy atom. The number of rotatable bonds is 7. The van der Waals surface area contributed by atoms with Gasteiger partial charge in [0.15, 0.2) is 0 Å². The van der Waals surface area contributed by atoms with Gasteiger partial charge in [-0.1, -0.05) is 6.08 Å². The molecule has 142 valence electrons. The zero-order valence-corrected chi connectivity index (χ0v) is 15.7. The van der Waals surface area contributed by atoms with Crippen LogP contribution >= 0.6 is 0 Å². The van der Waals surface area contributed by atoms with Gasteiger partial charge in [-0.05, 0) is 52.0 Å². The Labute approximate surface area is 154 Å². The van der Waals surface area contributed by atoms with Gasteiger partial charge in [0.1, 0.15) is 12.1 Å². The summed E-state index contributed by atoms with van der Waals surface area (Å²) in [4.78, 5) is 37.3. The number of anilines is 1. The number of nitrogens with one attached hydrogen (secondary N) is 1. The van der Waals surface area contributed by atoms with Gasteiger partial charge in [-0.3, -0.25) is 14.9 Å². The van der Waals surface area contributed by atoms with Crippen molar-refractivity contribution in [3.8, 4) is 0 Å². The molecule has 0 aliphatic carbocycles. The number of hydrogen-bond donors (Lipinski definition) is 1. The van der Waals surface area contributed by atoms with E-state index in [0.29, 0.717) is 11.3 Å². The van der Waals surface area contributed by atoms with Crippen molar-refractivity contribution < 1.29 is 23.9 Å². The zero-order valence-electron chi connectivity index (χ0n) is 15.7. The number of ether oxygens (including phenoxy) is 2. The molecule has 0 bridgehead atoms. The van der Waals surface area contributed by atoms with E-state index in [0.717, 1.165) is 0 Å². The third kappa shape index (κ3) is 7.38. The van der Waals surface area contributed by atoms with Crippen molar-refractivity contribution in [2.24, 2.45) is 0 Å². The van der Waals surface area contributed by atoms with Crippen LogP contribution < -0.4 is 5.32 Å². The van der Waals surface area contributed by atoms with Crippen molar-refractivity contribution in [1.29, 1.82) is 0 Å². The fourth-order valence-corrected chi connectivity index (χ4v) is 2.04. The molecule has 1 aromatic carbocycles. The van der Waals surface area contributed by atoms with Crippen LogP contribution in [0.1, 0.15) is 38.1 Å². The maximum Gasteiger partial charge on any atom is 0.412 e. The van der Waals surface area contributed by atoms with E-state index < -0.39 is 17.7 Å². The summed E-state index contributed by atoms with van der Waals surface area (Å²) in [6.45, 7) is 10.9. The van der Waals surface area contributed by atoms with E-state index in [-0.39, 0.29) is 25.6 Å². The summed E-state index contributed by atoms with van der Waals surface area (Å²) in [6, 6.07) is 6.31. The number of hydrogen-bond acceptors (Lipinski definition) is 5. The molecule has 0 unspecified atom stereocenters. The molecule has 1 aromatic rings. The van der Waals surface area contributed by atoms with Crippen molar-refractivity contribution >= 4 is 23.7 Å². The van der Waals surface area contributed by atoms with Crippen LogP contribution in [0.2, 0.25) is 0 Å². The zero-order chi connectivity index (χ0) is 19.7. The van der Waals surface area contributed by atoms with Gasteiger partial charge in [-0.15, -0.1) is 6.58 Å². The van der Waals surface area contributed by atoms with E-state index in [1.54, 1.807) is 52.0 Å². The highest BCUT2D eigenvalue weighted by Crippen LogP contribution is 2.14. The van der Waals surface area contributed by atoms with Gasteiger partial charge in [0, 0.05) is 17.8 Å². The molecule has 0 radical (unpaired) electrons. The fourth-order valence-electron chi connectivity index (χ4n) is 2.04. The summed E-state index contributed by atoms with van der Waals surface area (Å²) < 4.78 is 10.0. The predicted molar refractivity (Wildman–Crippen MR) is 99.0 cm³/mol. The van der Waals surface area contributed by atoms with Crippen molar-refractivity contribution in [1.82, 2.24) is 4.90 Å². The first-order valence-electron chi connectivity index (χ1n) is 8.32. The second-order valence-corrected chi connectivity index (χ2v) is 6.48. The number of carbonyl (C=O) groups excluding carboxylic acids is 3. The van der Waals surface area contributed by atoms with Gasteiger partial charge < -0.3 is 14.4 Å². The monoisotopic (exact) mass is 362 g/mol. The lowest BCUT2D eigenvalue weighted by molar-refractivity contribution is -0.143. The molecule has 0 saturated carbocycles. The van der Waals surface area contributed by atoms with Crippen molar-refractivity contribution in [3.05, 3.63) is 42.5 Å². The lowest BCUT2D eigenvalue weighted by Crippen LogP contribution is -2.36. The van der Waals surface area contributed by atoms with Crippen molar-refractivity contribution in [3.63, 3.8) is 0 Å². The standard InChI is InChI=1S/C19H26N2O5/c1-6-12-21(13-16(22)25-7-2)17(23)14-8-10-15(11-9-14)20-18(24)26-19(3,4)5/h6,8-11H,1,7,12-13H2,2-5H3,(H,20,24). The summed E-state index contributed by atoms with van der Waals surface area (Å²) >= 11 is 0. The summed E-state index contributed by atoms with van der Waals surface area (Å²) in [5.74, 6) is -0.812. The molecule has 1 N–H and O–H groups in total. The van der Waals surface area contributed by atoms with Gasteiger partial charge in [0.25, 0.3) is 5.91 Å². The Morgan fingerprint density at radius 1 is 1.19 bits per heavy atom. The van der Waals surface area contributed by atoms with Crippen LogP contribution in [0.15, 0.2) is 36.9 Å². The van der Waals surface area contributed by atoms with Gasteiger partial charge in [0.05, 0.1) is 6.61 Å². The Morgan fingerprint density at radius 3 is 2.31 bits per heavy atom. The Bertz CT molecular complexity index is 647. The SMILES string of the molecule is C=CCN(CC(=O)OCC)C(=O)c1ccc(NC(=O)OC(C)(C)C)cc1. The molecule has 0 aliphatic heterocycles. The Balaban J connectivity index is 2.78. The van der Waals surface area contributed by atoms with Crippen molar-refractivity contribution in [2.75, 3.05) is 25.0 Å². The predicted octanol–water partition coefficient (Wildman–Crippen LogP) is 3.22. The molecular weight excluding hydrogens is 336 g/mol. The van der Waals surface area contributed by atoms with E-state index in [4.69, 9.17) is 9.47 Å². The minimum absolute atomic E-state index is 0.156. The summed E-state index contributed by atoms with van der Waals surface area (Å²) in [5.41, 5.74) is 0.278. The second-order valence-electron chi connectivity index (χ2n) is 6.48. The Kier molecular flexibility index (Phi) is 7.83. The van der Waals surface area contributed by atoms with Crippen LogP contribution in [0.25, 0.3) is 0 Å². The van der Waals surface area contributed by atoms with E-state index >= 15 is 0 Å². The maximum absolute atomic E-state index is 12.6. The summed E-state index contributed by atoms with van der Waals surface area (Å²) in [6.07, 6.45) is 0.961. The van der Waals surface area contributed by atoms with Gasteiger partial charge >= 0.3 is 12.1 Å². The molecule has 0 atom stereocenters. The second kappa shape index (κ2) is 9.60. The van der Waals surface area contributed by atoms with E-state index in [2.05, 4.69) is 11.9 Å². The van der Waals surface area contributed by atoms with E-state index in [1.165, 1.54) is 11.0 Å².